The molecule has 5 nitrogen and oxygen atoms in total. The largest absolute Gasteiger partial charge is 0.444 e. The molecule has 20 heavy (non-hydrogen) atoms. The molecule has 1 aromatic heterocycles. The summed E-state index contributed by atoms with van der Waals surface area (Å²) in [4.78, 5) is 15.8. The van der Waals surface area contributed by atoms with Crippen LogP contribution < -0.4 is 10.6 Å². The lowest BCUT2D eigenvalue weighted by Crippen LogP contribution is -2.39. The van der Waals surface area contributed by atoms with E-state index in [0.29, 0.717) is 6.54 Å². The molecular formula is C14H25N3O2S. The number of nitrogens with one attached hydrogen (secondary N) is 2. The van der Waals surface area contributed by atoms with E-state index in [0.717, 1.165) is 18.0 Å². The Kier molecular flexibility index (Phi) is 5.95. The SMILES string of the molecule is CC(C)(C)OC(=O)NCCCNC(C)(C)c1nccs1. The molecule has 0 atom stereocenters. The fourth-order valence-electron chi connectivity index (χ4n) is 1.60. The van der Waals surface area contributed by atoms with Crippen LogP contribution in [-0.4, -0.2) is 29.8 Å². The number of thiazole rings is 1. The maximum Gasteiger partial charge on any atom is 0.407 e. The minimum Gasteiger partial charge on any atom is -0.444 e. The lowest BCUT2D eigenvalue weighted by molar-refractivity contribution is 0.0527. The Morgan fingerprint density at radius 2 is 2.00 bits per heavy atom. The molecule has 0 radical (unpaired) electrons. The zero-order valence-electron chi connectivity index (χ0n) is 12.9. The summed E-state index contributed by atoms with van der Waals surface area (Å²) in [5.74, 6) is 0. The number of alkyl carbamates (subject to hydrolysis) is 1. The summed E-state index contributed by atoms with van der Waals surface area (Å²) >= 11 is 1.64. The summed E-state index contributed by atoms with van der Waals surface area (Å²) in [7, 11) is 0. The van der Waals surface area contributed by atoms with Crippen molar-refractivity contribution in [1.29, 1.82) is 0 Å². The van der Waals surface area contributed by atoms with E-state index < -0.39 is 5.60 Å². The smallest absolute Gasteiger partial charge is 0.407 e. The van der Waals surface area contributed by atoms with Crippen molar-refractivity contribution in [2.24, 2.45) is 0 Å². The van der Waals surface area contributed by atoms with Crippen molar-refractivity contribution >= 4 is 17.4 Å². The summed E-state index contributed by atoms with van der Waals surface area (Å²) < 4.78 is 5.17. The van der Waals surface area contributed by atoms with Crippen LogP contribution in [0.2, 0.25) is 0 Å². The van der Waals surface area contributed by atoms with Gasteiger partial charge in [0.2, 0.25) is 0 Å². The molecule has 0 aliphatic heterocycles. The lowest BCUT2D eigenvalue weighted by atomic mass is 10.1. The predicted molar refractivity (Wildman–Crippen MR) is 82.0 cm³/mol. The highest BCUT2D eigenvalue weighted by atomic mass is 32.1. The molecule has 0 saturated heterocycles. The molecule has 0 aromatic carbocycles. The fourth-order valence-corrected chi connectivity index (χ4v) is 2.34. The second kappa shape index (κ2) is 7.04. The predicted octanol–water partition coefficient (Wildman–Crippen LogP) is 2.88. The standard InChI is InChI=1S/C14H25N3O2S/c1-13(2,3)19-12(18)16-7-6-8-17-14(4,5)11-15-9-10-20-11/h9-10,17H,6-8H2,1-5H3,(H,16,18). The first-order chi connectivity index (χ1) is 9.21. The molecule has 0 aliphatic rings. The van der Waals surface area contributed by atoms with Gasteiger partial charge in [-0.1, -0.05) is 0 Å². The number of rotatable bonds is 6. The van der Waals surface area contributed by atoms with Gasteiger partial charge in [-0.3, -0.25) is 0 Å². The molecule has 1 rings (SSSR count). The van der Waals surface area contributed by atoms with Crippen LogP contribution in [0, 0.1) is 0 Å². The number of aromatic nitrogens is 1. The van der Waals surface area contributed by atoms with Gasteiger partial charge >= 0.3 is 6.09 Å². The van der Waals surface area contributed by atoms with E-state index >= 15 is 0 Å². The first kappa shape index (κ1) is 16.9. The number of ether oxygens (including phenoxy) is 1. The summed E-state index contributed by atoms with van der Waals surface area (Å²) in [5.41, 5.74) is -0.588. The molecule has 114 valence electrons. The molecule has 0 fully saturated rings. The molecular weight excluding hydrogens is 274 g/mol. The van der Waals surface area contributed by atoms with Crippen molar-refractivity contribution in [3.05, 3.63) is 16.6 Å². The van der Waals surface area contributed by atoms with Gasteiger partial charge in [-0.15, -0.1) is 11.3 Å². The second-order valence-corrected chi connectivity index (χ2v) is 7.07. The van der Waals surface area contributed by atoms with E-state index in [4.69, 9.17) is 4.74 Å². The highest BCUT2D eigenvalue weighted by molar-refractivity contribution is 7.09. The van der Waals surface area contributed by atoms with E-state index in [2.05, 4.69) is 29.5 Å². The van der Waals surface area contributed by atoms with Gasteiger partial charge in [0.1, 0.15) is 10.6 Å². The van der Waals surface area contributed by atoms with E-state index in [-0.39, 0.29) is 11.6 Å². The third-order valence-electron chi connectivity index (χ3n) is 2.56. The molecule has 6 heteroatoms. The number of hydrogen-bond donors (Lipinski definition) is 2. The normalized spacial score (nSPS) is 12.2. The average Bonchev–Trinajstić information content (AvgIpc) is 2.79. The Morgan fingerprint density at radius 3 is 2.55 bits per heavy atom. The van der Waals surface area contributed by atoms with E-state index in [1.165, 1.54) is 0 Å². The number of amides is 1. The first-order valence-electron chi connectivity index (χ1n) is 6.82. The van der Waals surface area contributed by atoms with Gasteiger partial charge in [0, 0.05) is 18.1 Å². The van der Waals surface area contributed by atoms with Gasteiger partial charge in [-0.05, 0) is 47.6 Å². The van der Waals surface area contributed by atoms with Gasteiger partial charge in [-0.2, -0.15) is 0 Å². The van der Waals surface area contributed by atoms with E-state index in [1.54, 1.807) is 11.3 Å². The van der Waals surface area contributed by atoms with Crippen LogP contribution in [0.1, 0.15) is 46.0 Å². The molecule has 1 heterocycles. The molecule has 2 N–H and O–H groups in total. The van der Waals surface area contributed by atoms with Crippen LogP contribution in [0.3, 0.4) is 0 Å². The Hall–Kier alpha value is -1.14. The van der Waals surface area contributed by atoms with Gasteiger partial charge in [0.25, 0.3) is 0 Å². The molecule has 0 spiro atoms. The van der Waals surface area contributed by atoms with Gasteiger partial charge < -0.3 is 15.4 Å². The zero-order chi connectivity index (χ0) is 15.2. The van der Waals surface area contributed by atoms with Crippen LogP contribution in [0.25, 0.3) is 0 Å². The van der Waals surface area contributed by atoms with Crippen LogP contribution in [-0.2, 0) is 10.3 Å². The average molecular weight is 299 g/mol. The first-order valence-corrected chi connectivity index (χ1v) is 7.70. The third-order valence-corrected chi connectivity index (χ3v) is 3.65. The Morgan fingerprint density at radius 1 is 1.30 bits per heavy atom. The van der Waals surface area contributed by atoms with E-state index in [9.17, 15) is 4.79 Å². The van der Waals surface area contributed by atoms with Crippen molar-refractivity contribution in [2.45, 2.75) is 52.2 Å². The summed E-state index contributed by atoms with van der Waals surface area (Å²) in [6.07, 6.45) is 2.29. The quantitative estimate of drug-likeness (QED) is 0.793. The van der Waals surface area contributed by atoms with Crippen molar-refractivity contribution in [3.8, 4) is 0 Å². The number of nitrogens with zero attached hydrogens (tertiary/aromatic N) is 1. The molecule has 1 amide bonds. The van der Waals surface area contributed by atoms with Gasteiger partial charge in [-0.25, -0.2) is 9.78 Å². The van der Waals surface area contributed by atoms with Crippen molar-refractivity contribution in [1.82, 2.24) is 15.6 Å². The molecule has 0 aliphatic carbocycles. The maximum absolute atomic E-state index is 11.4. The summed E-state index contributed by atoms with van der Waals surface area (Å²) in [5, 5.41) is 9.23. The van der Waals surface area contributed by atoms with Gasteiger partial charge in [0.15, 0.2) is 0 Å². The Balaban J connectivity index is 2.18. The minimum absolute atomic E-state index is 0.139. The molecule has 0 bridgehead atoms. The highest BCUT2D eigenvalue weighted by Gasteiger charge is 2.22. The summed E-state index contributed by atoms with van der Waals surface area (Å²) in [6.45, 7) is 11.2. The highest BCUT2D eigenvalue weighted by Crippen LogP contribution is 2.21. The second-order valence-electron chi connectivity index (χ2n) is 6.17. The molecule has 0 saturated carbocycles. The van der Waals surface area contributed by atoms with Crippen molar-refractivity contribution in [2.75, 3.05) is 13.1 Å². The maximum atomic E-state index is 11.4. The number of hydrogen-bond acceptors (Lipinski definition) is 5. The van der Waals surface area contributed by atoms with E-state index in [1.807, 2.05) is 32.3 Å². The van der Waals surface area contributed by atoms with Crippen LogP contribution in [0.15, 0.2) is 11.6 Å². The van der Waals surface area contributed by atoms with Crippen LogP contribution in [0.5, 0.6) is 0 Å². The lowest BCUT2D eigenvalue weighted by Gasteiger charge is -2.24. The van der Waals surface area contributed by atoms with Gasteiger partial charge in [0.05, 0.1) is 5.54 Å². The Labute approximate surface area is 125 Å². The van der Waals surface area contributed by atoms with Crippen LogP contribution in [0.4, 0.5) is 4.79 Å². The fraction of sp³-hybridized carbons (Fsp3) is 0.714. The molecule has 1 aromatic rings. The topological polar surface area (TPSA) is 63.2 Å². The number of carbonyl (C=O) groups excluding carboxylic acids is 1. The molecule has 0 unspecified atom stereocenters. The van der Waals surface area contributed by atoms with Crippen molar-refractivity contribution in [3.63, 3.8) is 0 Å². The minimum atomic E-state index is -0.449. The van der Waals surface area contributed by atoms with Crippen molar-refractivity contribution < 1.29 is 9.53 Å². The zero-order valence-corrected chi connectivity index (χ0v) is 13.8. The Bertz CT molecular complexity index is 411. The third kappa shape index (κ3) is 6.34. The monoisotopic (exact) mass is 299 g/mol. The van der Waals surface area contributed by atoms with Crippen LogP contribution >= 0.6 is 11.3 Å². The number of carbonyl (C=O) groups is 1. The summed E-state index contributed by atoms with van der Waals surface area (Å²) in [6, 6.07) is 0.